The average Bonchev–Trinajstić information content (AvgIpc) is 2.64. The number of aryl methyl sites for hydroxylation is 2. The van der Waals surface area contributed by atoms with Crippen LogP contribution in [0.3, 0.4) is 0 Å². The molecule has 0 amide bonds. The summed E-state index contributed by atoms with van der Waals surface area (Å²) in [6.45, 7) is 3.83. The molecule has 5 nitrogen and oxygen atoms in total. The largest absolute Gasteiger partial charge is 0.271 e. The van der Waals surface area contributed by atoms with Gasteiger partial charge in [-0.3, -0.25) is 4.68 Å². The van der Waals surface area contributed by atoms with E-state index < -0.39 is 10.0 Å². The van der Waals surface area contributed by atoms with Crippen LogP contribution in [-0.2, 0) is 23.6 Å². The summed E-state index contributed by atoms with van der Waals surface area (Å²) in [6.07, 6.45) is 0. The van der Waals surface area contributed by atoms with Gasteiger partial charge in [0.2, 0.25) is 10.0 Å². The average molecular weight is 293 g/mol. The van der Waals surface area contributed by atoms with E-state index in [9.17, 15) is 8.42 Å². The van der Waals surface area contributed by atoms with E-state index in [-0.39, 0.29) is 0 Å². The highest BCUT2D eigenvalue weighted by Crippen LogP contribution is 2.23. The van der Waals surface area contributed by atoms with Crippen molar-refractivity contribution in [2.24, 2.45) is 7.05 Å². The Morgan fingerprint density at radius 2 is 1.80 bits per heavy atom. The van der Waals surface area contributed by atoms with Crippen molar-refractivity contribution in [1.29, 1.82) is 0 Å². The lowest BCUT2D eigenvalue weighted by atomic mass is 10.2. The third-order valence-corrected chi connectivity index (χ3v) is 5.42. The molecule has 0 unspecified atom stereocenters. The molecule has 0 N–H and O–H groups in total. The predicted octanol–water partition coefficient (Wildman–Crippen LogP) is 1.86. The lowest BCUT2D eigenvalue weighted by Crippen LogP contribution is -2.27. The quantitative estimate of drug-likeness (QED) is 0.864. The number of rotatable bonds is 4. The van der Waals surface area contributed by atoms with E-state index in [1.807, 2.05) is 30.3 Å². The van der Waals surface area contributed by atoms with E-state index in [4.69, 9.17) is 0 Å². The first-order valence-corrected chi connectivity index (χ1v) is 7.78. The molecule has 20 heavy (non-hydrogen) atoms. The van der Waals surface area contributed by atoms with E-state index in [1.165, 1.54) is 4.31 Å². The van der Waals surface area contributed by atoms with Crippen LogP contribution in [0.1, 0.15) is 17.0 Å². The van der Waals surface area contributed by atoms with E-state index in [1.54, 1.807) is 32.6 Å². The first kappa shape index (κ1) is 14.7. The van der Waals surface area contributed by atoms with Crippen molar-refractivity contribution < 1.29 is 8.42 Å². The Balaban J connectivity index is 2.35. The van der Waals surface area contributed by atoms with Gasteiger partial charge in [0.05, 0.1) is 11.4 Å². The summed E-state index contributed by atoms with van der Waals surface area (Å²) in [4.78, 5) is 0.304. The molecule has 0 saturated carbocycles. The summed E-state index contributed by atoms with van der Waals surface area (Å²) in [6, 6.07) is 9.53. The minimum Gasteiger partial charge on any atom is -0.271 e. The third-order valence-electron chi connectivity index (χ3n) is 3.36. The molecule has 6 heteroatoms. The maximum Gasteiger partial charge on any atom is 0.246 e. The number of sulfonamides is 1. The molecule has 0 radical (unpaired) electrons. The van der Waals surface area contributed by atoms with Crippen LogP contribution in [0.15, 0.2) is 35.2 Å². The van der Waals surface area contributed by atoms with Gasteiger partial charge in [-0.05, 0) is 19.4 Å². The Bertz CT molecular complexity index is 706. The van der Waals surface area contributed by atoms with Crippen LogP contribution in [0.4, 0.5) is 0 Å². The number of nitrogens with zero attached hydrogens (tertiary/aromatic N) is 3. The summed E-state index contributed by atoms with van der Waals surface area (Å²) >= 11 is 0. The minimum absolute atomic E-state index is 0.304. The SMILES string of the molecule is Cc1nn(C)c(C)c1S(=O)(=O)N(C)Cc1ccccc1. The van der Waals surface area contributed by atoms with Gasteiger partial charge in [-0.15, -0.1) is 0 Å². The van der Waals surface area contributed by atoms with Crippen LogP contribution in [-0.4, -0.2) is 29.6 Å². The minimum atomic E-state index is -3.53. The summed E-state index contributed by atoms with van der Waals surface area (Å²) < 4.78 is 28.3. The molecule has 0 aliphatic rings. The second-order valence-electron chi connectivity index (χ2n) is 4.87. The summed E-state index contributed by atoms with van der Waals surface area (Å²) in [5.41, 5.74) is 2.14. The molecule has 0 aliphatic heterocycles. The molecule has 0 bridgehead atoms. The fraction of sp³-hybridized carbons (Fsp3) is 0.357. The van der Waals surface area contributed by atoms with Crippen molar-refractivity contribution in [3.8, 4) is 0 Å². The standard InChI is InChI=1S/C14H19N3O2S/c1-11-14(12(2)17(4)15-11)20(18,19)16(3)10-13-8-6-5-7-9-13/h5-9H,10H2,1-4H3. The normalized spacial score (nSPS) is 12.1. The zero-order valence-electron chi connectivity index (χ0n) is 12.2. The zero-order valence-corrected chi connectivity index (χ0v) is 13.0. The second kappa shape index (κ2) is 5.38. The van der Waals surface area contributed by atoms with Crippen molar-refractivity contribution in [1.82, 2.24) is 14.1 Å². The molecule has 0 aliphatic carbocycles. The molecule has 0 atom stereocenters. The fourth-order valence-corrected chi connectivity index (χ4v) is 3.76. The summed E-state index contributed by atoms with van der Waals surface area (Å²) in [5.74, 6) is 0. The number of benzene rings is 1. The first-order chi connectivity index (χ1) is 9.34. The molecule has 2 rings (SSSR count). The number of hydrogen-bond donors (Lipinski definition) is 0. The van der Waals surface area contributed by atoms with Crippen LogP contribution in [0.5, 0.6) is 0 Å². The van der Waals surface area contributed by atoms with Crippen molar-refractivity contribution >= 4 is 10.0 Å². The topological polar surface area (TPSA) is 55.2 Å². The van der Waals surface area contributed by atoms with Crippen molar-refractivity contribution in [3.63, 3.8) is 0 Å². The molecule has 2 aromatic rings. The van der Waals surface area contributed by atoms with Crippen LogP contribution in [0.25, 0.3) is 0 Å². The van der Waals surface area contributed by atoms with Crippen molar-refractivity contribution in [2.45, 2.75) is 25.3 Å². The lowest BCUT2D eigenvalue weighted by molar-refractivity contribution is 0.465. The van der Waals surface area contributed by atoms with Gasteiger partial charge in [-0.25, -0.2) is 8.42 Å². The van der Waals surface area contributed by atoms with Crippen molar-refractivity contribution in [3.05, 3.63) is 47.3 Å². The molecular weight excluding hydrogens is 274 g/mol. The fourth-order valence-electron chi connectivity index (χ4n) is 2.21. The maximum absolute atomic E-state index is 12.7. The third kappa shape index (κ3) is 2.62. The molecule has 0 spiro atoms. The van der Waals surface area contributed by atoms with E-state index in [2.05, 4.69) is 5.10 Å². The summed E-state index contributed by atoms with van der Waals surface area (Å²) in [7, 11) is -0.188. The number of hydrogen-bond acceptors (Lipinski definition) is 3. The van der Waals surface area contributed by atoms with Gasteiger partial charge in [0.1, 0.15) is 4.90 Å². The molecule has 0 fully saturated rings. The Hall–Kier alpha value is -1.66. The van der Waals surface area contributed by atoms with Gasteiger partial charge in [0.25, 0.3) is 0 Å². The second-order valence-corrected chi connectivity index (χ2v) is 6.85. The maximum atomic E-state index is 12.7. The van der Waals surface area contributed by atoms with E-state index in [0.717, 1.165) is 5.56 Å². The highest BCUT2D eigenvalue weighted by molar-refractivity contribution is 7.89. The van der Waals surface area contributed by atoms with E-state index >= 15 is 0 Å². The Morgan fingerprint density at radius 3 is 2.30 bits per heavy atom. The lowest BCUT2D eigenvalue weighted by Gasteiger charge is -2.17. The Morgan fingerprint density at radius 1 is 1.20 bits per heavy atom. The zero-order chi connectivity index (χ0) is 14.9. The highest BCUT2D eigenvalue weighted by atomic mass is 32.2. The van der Waals surface area contributed by atoms with Crippen LogP contribution in [0, 0.1) is 13.8 Å². The molecule has 1 aromatic carbocycles. The van der Waals surface area contributed by atoms with Gasteiger partial charge in [0.15, 0.2) is 0 Å². The van der Waals surface area contributed by atoms with Gasteiger partial charge in [-0.2, -0.15) is 9.40 Å². The van der Waals surface area contributed by atoms with E-state index in [0.29, 0.717) is 22.8 Å². The first-order valence-electron chi connectivity index (χ1n) is 6.34. The monoisotopic (exact) mass is 293 g/mol. The predicted molar refractivity (Wildman–Crippen MR) is 77.8 cm³/mol. The summed E-state index contributed by atoms with van der Waals surface area (Å²) in [5, 5.41) is 4.18. The van der Waals surface area contributed by atoms with Crippen LogP contribution in [0.2, 0.25) is 0 Å². The number of aromatic nitrogens is 2. The molecule has 108 valence electrons. The molecule has 1 aromatic heterocycles. The van der Waals surface area contributed by atoms with Crippen LogP contribution < -0.4 is 0 Å². The highest BCUT2D eigenvalue weighted by Gasteiger charge is 2.27. The smallest absolute Gasteiger partial charge is 0.246 e. The molecular formula is C14H19N3O2S. The van der Waals surface area contributed by atoms with Gasteiger partial charge in [0, 0.05) is 20.6 Å². The van der Waals surface area contributed by atoms with Crippen LogP contribution >= 0.6 is 0 Å². The molecule has 1 heterocycles. The molecule has 0 saturated heterocycles. The van der Waals surface area contributed by atoms with Gasteiger partial charge >= 0.3 is 0 Å². The van der Waals surface area contributed by atoms with Gasteiger partial charge < -0.3 is 0 Å². The Kier molecular flexibility index (Phi) is 3.96. The van der Waals surface area contributed by atoms with Crippen molar-refractivity contribution in [2.75, 3.05) is 7.05 Å². The Labute approximate surface area is 119 Å². The van der Waals surface area contributed by atoms with Gasteiger partial charge in [-0.1, -0.05) is 30.3 Å².